The first kappa shape index (κ1) is 16.0. The lowest BCUT2D eigenvalue weighted by molar-refractivity contribution is 0.396. The van der Waals surface area contributed by atoms with Crippen LogP contribution < -0.4 is 10.1 Å². The van der Waals surface area contributed by atoms with Gasteiger partial charge in [0.05, 0.1) is 7.11 Å². The third-order valence-electron chi connectivity index (χ3n) is 3.91. The SMILES string of the molecule is CCCC(C)C(CNCC)c1ccc(C)c(OC)c1. The van der Waals surface area contributed by atoms with Crippen molar-refractivity contribution in [3.8, 4) is 5.75 Å². The van der Waals surface area contributed by atoms with Gasteiger partial charge in [-0.05, 0) is 42.5 Å². The smallest absolute Gasteiger partial charge is 0.122 e. The topological polar surface area (TPSA) is 21.3 Å². The number of ether oxygens (including phenoxy) is 1. The lowest BCUT2D eigenvalue weighted by atomic mass is 9.84. The minimum absolute atomic E-state index is 0.564. The van der Waals surface area contributed by atoms with Crippen LogP contribution in [-0.4, -0.2) is 20.2 Å². The molecule has 19 heavy (non-hydrogen) atoms. The zero-order chi connectivity index (χ0) is 14.3. The first-order chi connectivity index (χ1) is 9.13. The van der Waals surface area contributed by atoms with E-state index in [1.165, 1.54) is 24.0 Å². The van der Waals surface area contributed by atoms with Crippen molar-refractivity contribution in [2.24, 2.45) is 5.92 Å². The fraction of sp³-hybridized carbons (Fsp3) is 0.647. The minimum Gasteiger partial charge on any atom is -0.496 e. The maximum Gasteiger partial charge on any atom is 0.122 e. The van der Waals surface area contributed by atoms with Gasteiger partial charge >= 0.3 is 0 Å². The number of hydrogen-bond donors (Lipinski definition) is 1. The van der Waals surface area contributed by atoms with Gasteiger partial charge in [0.15, 0.2) is 0 Å². The van der Waals surface area contributed by atoms with E-state index in [1.54, 1.807) is 7.11 Å². The molecule has 0 saturated heterocycles. The van der Waals surface area contributed by atoms with Crippen molar-refractivity contribution in [3.63, 3.8) is 0 Å². The van der Waals surface area contributed by atoms with Gasteiger partial charge in [0.25, 0.3) is 0 Å². The average molecular weight is 263 g/mol. The molecular weight excluding hydrogens is 234 g/mol. The molecule has 1 aromatic rings. The van der Waals surface area contributed by atoms with Gasteiger partial charge in [-0.3, -0.25) is 0 Å². The Kier molecular flexibility index (Phi) is 6.93. The monoisotopic (exact) mass is 263 g/mol. The van der Waals surface area contributed by atoms with E-state index >= 15 is 0 Å². The molecule has 0 bridgehead atoms. The molecule has 1 aromatic carbocycles. The van der Waals surface area contributed by atoms with Crippen LogP contribution in [0.15, 0.2) is 18.2 Å². The van der Waals surface area contributed by atoms with Gasteiger partial charge in [-0.25, -0.2) is 0 Å². The van der Waals surface area contributed by atoms with Crippen LogP contribution in [-0.2, 0) is 0 Å². The van der Waals surface area contributed by atoms with Crippen molar-refractivity contribution in [2.75, 3.05) is 20.2 Å². The highest BCUT2D eigenvalue weighted by Gasteiger charge is 2.19. The molecule has 0 aliphatic rings. The van der Waals surface area contributed by atoms with E-state index < -0.39 is 0 Å². The zero-order valence-electron chi connectivity index (χ0n) is 13.1. The highest BCUT2D eigenvalue weighted by molar-refractivity contribution is 5.38. The lowest BCUT2D eigenvalue weighted by Crippen LogP contribution is -2.25. The molecule has 0 aromatic heterocycles. The molecule has 0 heterocycles. The number of hydrogen-bond acceptors (Lipinski definition) is 2. The molecule has 2 nitrogen and oxygen atoms in total. The normalized spacial score (nSPS) is 14.2. The predicted octanol–water partition coefficient (Wildman–Crippen LogP) is 4.13. The maximum absolute atomic E-state index is 5.46. The molecule has 0 saturated carbocycles. The summed E-state index contributed by atoms with van der Waals surface area (Å²) in [5, 5.41) is 3.50. The van der Waals surface area contributed by atoms with E-state index in [4.69, 9.17) is 4.74 Å². The molecular formula is C17H29NO. The second kappa shape index (κ2) is 8.21. The molecule has 1 rings (SSSR count). The Morgan fingerprint density at radius 1 is 1.26 bits per heavy atom. The number of benzene rings is 1. The average Bonchev–Trinajstić information content (AvgIpc) is 2.41. The Labute approximate surface area is 118 Å². The molecule has 2 unspecified atom stereocenters. The van der Waals surface area contributed by atoms with Gasteiger partial charge < -0.3 is 10.1 Å². The second-order valence-corrected chi connectivity index (χ2v) is 5.41. The Balaban J connectivity index is 2.95. The van der Waals surface area contributed by atoms with Crippen molar-refractivity contribution in [1.82, 2.24) is 5.32 Å². The molecule has 0 aliphatic carbocycles. The third-order valence-corrected chi connectivity index (χ3v) is 3.91. The largest absolute Gasteiger partial charge is 0.496 e. The van der Waals surface area contributed by atoms with Crippen LogP contribution >= 0.6 is 0 Å². The summed E-state index contributed by atoms with van der Waals surface area (Å²) in [7, 11) is 1.75. The van der Waals surface area contributed by atoms with Gasteiger partial charge in [0.1, 0.15) is 5.75 Å². The first-order valence-electron chi connectivity index (χ1n) is 7.49. The quantitative estimate of drug-likeness (QED) is 0.761. The maximum atomic E-state index is 5.46. The molecule has 2 atom stereocenters. The fourth-order valence-electron chi connectivity index (χ4n) is 2.67. The summed E-state index contributed by atoms with van der Waals surface area (Å²) < 4.78 is 5.46. The molecule has 2 heteroatoms. The number of likely N-dealkylation sites (N-methyl/N-ethyl adjacent to an activating group) is 1. The summed E-state index contributed by atoms with van der Waals surface area (Å²) in [6.45, 7) is 10.9. The summed E-state index contributed by atoms with van der Waals surface area (Å²) in [6, 6.07) is 6.64. The fourth-order valence-corrected chi connectivity index (χ4v) is 2.67. The van der Waals surface area contributed by atoms with Gasteiger partial charge in [0, 0.05) is 6.54 Å². The highest BCUT2D eigenvalue weighted by atomic mass is 16.5. The number of aryl methyl sites for hydroxylation is 1. The van der Waals surface area contributed by atoms with Crippen LogP contribution in [0.1, 0.15) is 50.7 Å². The third kappa shape index (κ3) is 4.54. The van der Waals surface area contributed by atoms with Crippen molar-refractivity contribution >= 4 is 0 Å². The molecule has 0 fully saturated rings. The predicted molar refractivity (Wildman–Crippen MR) is 83.1 cm³/mol. The molecule has 0 aliphatic heterocycles. The van der Waals surface area contributed by atoms with E-state index in [9.17, 15) is 0 Å². The lowest BCUT2D eigenvalue weighted by Gasteiger charge is -2.25. The Bertz CT molecular complexity index is 376. The molecule has 0 spiro atoms. The second-order valence-electron chi connectivity index (χ2n) is 5.41. The van der Waals surface area contributed by atoms with Gasteiger partial charge in [-0.2, -0.15) is 0 Å². The Hall–Kier alpha value is -1.02. The van der Waals surface area contributed by atoms with Crippen LogP contribution in [0.3, 0.4) is 0 Å². The van der Waals surface area contributed by atoms with Crippen LogP contribution in [0.5, 0.6) is 5.75 Å². The molecule has 0 radical (unpaired) electrons. The summed E-state index contributed by atoms with van der Waals surface area (Å²) in [6.07, 6.45) is 2.51. The van der Waals surface area contributed by atoms with Crippen LogP contribution in [0, 0.1) is 12.8 Å². The number of nitrogens with one attached hydrogen (secondary N) is 1. The van der Waals surface area contributed by atoms with E-state index in [0.717, 1.165) is 18.8 Å². The Morgan fingerprint density at radius 2 is 2.00 bits per heavy atom. The van der Waals surface area contributed by atoms with Gasteiger partial charge in [-0.1, -0.05) is 45.7 Å². The number of rotatable bonds is 8. The molecule has 0 amide bonds. The van der Waals surface area contributed by atoms with E-state index in [-0.39, 0.29) is 0 Å². The summed E-state index contributed by atoms with van der Waals surface area (Å²) in [5.74, 6) is 2.26. The van der Waals surface area contributed by atoms with Crippen molar-refractivity contribution in [3.05, 3.63) is 29.3 Å². The molecule has 1 N–H and O–H groups in total. The van der Waals surface area contributed by atoms with Crippen LogP contribution in [0.25, 0.3) is 0 Å². The summed E-state index contributed by atoms with van der Waals surface area (Å²) in [4.78, 5) is 0. The Morgan fingerprint density at radius 3 is 2.58 bits per heavy atom. The minimum atomic E-state index is 0.564. The van der Waals surface area contributed by atoms with Crippen LogP contribution in [0.2, 0.25) is 0 Å². The summed E-state index contributed by atoms with van der Waals surface area (Å²) >= 11 is 0. The zero-order valence-corrected chi connectivity index (χ0v) is 13.1. The van der Waals surface area contributed by atoms with Crippen molar-refractivity contribution in [2.45, 2.75) is 46.5 Å². The van der Waals surface area contributed by atoms with E-state index in [2.05, 4.69) is 51.2 Å². The van der Waals surface area contributed by atoms with Gasteiger partial charge in [-0.15, -0.1) is 0 Å². The molecule has 108 valence electrons. The van der Waals surface area contributed by atoms with Crippen molar-refractivity contribution < 1.29 is 4.74 Å². The van der Waals surface area contributed by atoms with Gasteiger partial charge in [0.2, 0.25) is 0 Å². The first-order valence-corrected chi connectivity index (χ1v) is 7.49. The standard InChI is InChI=1S/C17H29NO/c1-6-8-13(3)16(12-18-7-2)15-10-9-14(4)17(11-15)19-5/h9-11,13,16,18H,6-8,12H2,1-5H3. The number of methoxy groups -OCH3 is 1. The van der Waals surface area contributed by atoms with Crippen LogP contribution in [0.4, 0.5) is 0 Å². The summed E-state index contributed by atoms with van der Waals surface area (Å²) in [5.41, 5.74) is 2.60. The van der Waals surface area contributed by atoms with E-state index in [0.29, 0.717) is 11.8 Å². The highest BCUT2D eigenvalue weighted by Crippen LogP contribution is 2.31. The van der Waals surface area contributed by atoms with Crippen molar-refractivity contribution in [1.29, 1.82) is 0 Å². The van der Waals surface area contributed by atoms with E-state index in [1.807, 2.05) is 0 Å².